The number of nitrogens with zero attached hydrogens (tertiary/aromatic N) is 3. The van der Waals surface area contributed by atoms with Gasteiger partial charge in [0.05, 0.1) is 5.69 Å². The molecular formula is C16H11ClN4O. The molecule has 2 aromatic heterocycles. The molecule has 22 heavy (non-hydrogen) atoms. The second kappa shape index (κ2) is 6.32. The number of hydrogen-bond donors (Lipinski definition) is 1. The van der Waals surface area contributed by atoms with Gasteiger partial charge in [-0.05, 0) is 54.1 Å². The molecule has 0 saturated carbocycles. The highest BCUT2D eigenvalue weighted by molar-refractivity contribution is 6.67. The Kier molecular flexibility index (Phi) is 4.07. The smallest absolute Gasteiger partial charge is 0.252 e. The van der Waals surface area contributed by atoms with Crippen molar-refractivity contribution in [1.29, 1.82) is 0 Å². The second-order valence-electron chi connectivity index (χ2n) is 4.48. The molecule has 0 aliphatic rings. The highest BCUT2D eigenvalue weighted by atomic mass is 35.5. The summed E-state index contributed by atoms with van der Waals surface area (Å²) in [5.41, 5.74) is 2.90. The van der Waals surface area contributed by atoms with E-state index in [4.69, 9.17) is 11.6 Å². The van der Waals surface area contributed by atoms with Crippen LogP contribution in [0.2, 0.25) is 0 Å². The Hall–Kier alpha value is -2.79. The molecule has 1 aromatic carbocycles. The van der Waals surface area contributed by atoms with Gasteiger partial charge in [0.25, 0.3) is 5.24 Å². The quantitative estimate of drug-likeness (QED) is 0.745. The largest absolute Gasteiger partial charge is 0.324 e. The van der Waals surface area contributed by atoms with E-state index >= 15 is 0 Å². The summed E-state index contributed by atoms with van der Waals surface area (Å²) in [4.78, 5) is 23.7. The number of hydrogen-bond acceptors (Lipinski definition) is 5. The minimum absolute atomic E-state index is 0.442. The summed E-state index contributed by atoms with van der Waals surface area (Å²) in [6.45, 7) is 0. The number of halogens is 1. The van der Waals surface area contributed by atoms with Gasteiger partial charge in [-0.25, -0.2) is 9.97 Å². The SMILES string of the molecule is O=C(Cl)c1ccc(Nc2nccc(-c3cccnc3)n2)cc1. The molecule has 108 valence electrons. The molecule has 2 heterocycles. The van der Waals surface area contributed by atoms with E-state index in [1.807, 2.05) is 18.2 Å². The first-order valence-electron chi connectivity index (χ1n) is 6.53. The lowest BCUT2D eigenvalue weighted by molar-refractivity contribution is 0.108. The van der Waals surface area contributed by atoms with Crippen molar-refractivity contribution >= 4 is 28.5 Å². The first-order valence-corrected chi connectivity index (χ1v) is 6.90. The lowest BCUT2D eigenvalue weighted by Gasteiger charge is -2.06. The average Bonchev–Trinajstić information content (AvgIpc) is 2.56. The predicted octanol–water partition coefficient (Wildman–Crippen LogP) is 3.66. The minimum Gasteiger partial charge on any atom is -0.324 e. The molecule has 0 unspecified atom stereocenters. The van der Waals surface area contributed by atoms with Crippen LogP contribution in [-0.4, -0.2) is 20.2 Å². The van der Waals surface area contributed by atoms with Gasteiger partial charge in [0.2, 0.25) is 5.95 Å². The Labute approximate surface area is 132 Å². The number of aromatic nitrogens is 3. The fourth-order valence-electron chi connectivity index (χ4n) is 1.91. The molecule has 0 fully saturated rings. The topological polar surface area (TPSA) is 67.8 Å². The van der Waals surface area contributed by atoms with Crippen molar-refractivity contribution in [2.75, 3.05) is 5.32 Å². The van der Waals surface area contributed by atoms with Gasteiger partial charge in [0.15, 0.2) is 0 Å². The van der Waals surface area contributed by atoms with Crippen molar-refractivity contribution in [2.45, 2.75) is 0 Å². The van der Waals surface area contributed by atoms with Crippen molar-refractivity contribution in [3.8, 4) is 11.3 Å². The summed E-state index contributed by atoms with van der Waals surface area (Å²) in [6.07, 6.45) is 5.13. The van der Waals surface area contributed by atoms with Gasteiger partial charge in [0.1, 0.15) is 0 Å². The lowest BCUT2D eigenvalue weighted by Crippen LogP contribution is -1.98. The van der Waals surface area contributed by atoms with E-state index in [0.29, 0.717) is 11.5 Å². The zero-order valence-corrected chi connectivity index (χ0v) is 12.2. The van der Waals surface area contributed by atoms with Crippen molar-refractivity contribution < 1.29 is 4.79 Å². The van der Waals surface area contributed by atoms with E-state index in [1.165, 1.54) is 0 Å². The molecule has 6 heteroatoms. The summed E-state index contributed by atoms with van der Waals surface area (Å²) < 4.78 is 0. The number of nitrogens with one attached hydrogen (secondary N) is 1. The molecule has 0 spiro atoms. The summed E-state index contributed by atoms with van der Waals surface area (Å²) >= 11 is 5.41. The Bertz CT molecular complexity index is 791. The third-order valence-corrected chi connectivity index (χ3v) is 3.20. The fraction of sp³-hybridized carbons (Fsp3) is 0. The van der Waals surface area contributed by atoms with Crippen LogP contribution in [0.15, 0.2) is 61.1 Å². The second-order valence-corrected chi connectivity index (χ2v) is 4.83. The molecular weight excluding hydrogens is 300 g/mol. The number of rotatable bonds is 4. The van der Waals surface area contributed by atoms with Gasteiger partial charge in [-0.1, -0.05) is 0 Å². The maximum atomic E-state index is 11.0. The van der Waals surface area contributed by atoms with E-state index in [0.717, 1.165) is 16.9 Å². The Balaban J connectivity index is 1.82. The summed E-state index contributed by atoms with van der Waals surface area (Å²) in [5, 5.41) is 2.60. The monoisotopic (exact) mass is 310 g/mol. The first kappa shape index (κ1) is 14.2. The highest BCUT2D eigenvalue weighted by Crippen LogP contribution is 2.19. The Morgan fingerprint density at radius 1 is 1.05 bits per heavy atom. The van der Waals surface area contributed by atoms with Crippen molar-refractivity contribution in [2.24, 2.45) is 0 Å². The molecule has 5 nitrogen and oxygen atoms in total. The molecule has 0 bridgehead atoms. The van der Waals surface area contributed by atoms with Crippen LogP contribution in [0.4, 0.5) is 11.6 Å². The molecule has 0 radical (unpaired) electrons. The van der Waals surface area contributed by atoms with Crippen LogP contribution < -0.4 is 5.32 Å². The van der Waals surface area contributed by atoms with Crippen LogP contribution in [0.3, 0.4) is 0 Å². The molecule has 0 saturated heterocycles. The molecule has 0 amide bonds. The highest BCUT2D eigenvalue weighted by Gasteiger charge is 2.04. The number of carbonyl (C=O) groups is 1. The molecule has 1 N–H and O–H groups in total. The molecule has 0 aliphatic heterocycles. The van der Waals surface area contributed by atoms with Gasteiger partial charge < -0.3 is 5.32 Å². The number of pyridine rings is 1. The van der Waals surface area contributed by atoms with E-state index in [2.05, 4.69) is 20.3 Å². The van der Waals surface area contributed by atoms with Crippen LogP contribution in [0.1, 0.15) is 10.4 Å². The maximum absolute atomic E-state index is 11.0. The minimum atomic E-state index is -0.485. The van der Waals surface area contributed by atoms with Crippen LogP contribution in [0.5, 0.6) is 0 Å². The first-order chi connectivity index (χ1) is 10.7. The van der Waals surface area contributed by atoms with Crippen molar-refractivity contribution in [3.63, 3.8) is 0 Å². The number of anilines is 2. The summed E-state index contributed by atoms with van der Waals surface area (Å²) in [6, 6.07) is 12.4. The van der Waals surface area contributed by atoms with Crippen LogP contribution in [0.25, 0.3) is 11.3 Å². The van der Waals surface area contributed by atoms with Crippen LogP contribution >= 0.6 is 11.6 Å². The van der Waals surface area contributed by atoms with Crippen LogP contribution in [-0.2, 0) is 0 Å². The summed E-state index contributed by atoms with van der Waals surface area (Å²) in [5.74, 6) is 0.464. The maximum Gasteiger partial charge on any atom is 0.252 e. The van der Waals surface area contributed by atoms with E-state index in [9.17, 15) is 4.79 Å². The zero-order valence-electron chi connectivity index (χ0n) is 11.4. The third kappa shape index (κ3) is 3.27. The van der Waals surface area contributed by atoms with Crippen LogP contribution in [0, 0.1) is 0 Å². The third-order valence-electron chi connectivity index (χ3n) is 2.98. The van der Waals surface area contributed by atoms with Crippen molar-refractivity contribution in [1.82, 2.24) is 15.0 Å². The van der Waals surface area contributed by atoms with Gasteiger partial charge >= 0.3 is 0 Å². The predicted molar refractivity (Wildman–Crippen MR) is 85.2 cm³/mol. The van der Waals surface area contributed by atoms with E-state index < -0.39 is 5.24 Å². The average molecular weight is 311 g/mol. The Morgan fingerprint density at radius 2 is 1.86 bits per heavy atom. The summed E-state index contributed by atoms with van der Waals surface area (Å²) in [7, 11) is 0. The van der Waals surface area contributed by atoms with Crippen molar-refractivity contribution in [3.05, 3.63) is 66.6 Å². The standard InChI is InChI=1S/C16H11ClN4O/c17-15(22)11-3-5-13(6-4-11)20-16-19-9-7-14(21-16)12-2-1-8-18-10-12/h1-10H,(H,19,20,21). The molecule has 3 rings (SSSR count). The molecule has 3 aromatic rings. The lowest BCUT2D eigenvalue weighted by atomic mass is 10.2. The van der Waals surface area contributed by atoms with E-state index in [1.54, 1.807) is 42.9 Å². The van der Waals surface area contributed by atoms with Gasteiger partial charge in [0, 0.05) is 35.4 Å². The van der Waals surface area contributed by atoms with E-state index in [-0.39, 0.29) is 0 Å². The number of carbonyl (C=O) groups excluding carboxylic acids is 1. The molecule has 0 atom stereocenters. The van der Waals surface area contributed by atoms with Gasteiger partial charge in [-0.15, -0.1) is 0 Å². The van der Waals surface area contributed by atoms with Gasteiger partial charge in [-0.3, -0.25) is 9.78 Å². The number of benzene rings is 1. The fourth-order valence-corrected chi connectivity index (χ4v) is 2.03. The van der Waals surface area contributed by atoms with Gasteiger partial charge in [-0.2, -0.15) is 0 Å². The molecule has 0 aliphatic carbocycles. The normalized spacial score (nSPS) is 10.2. The zero-order chi connectivity index (χ0) is 15.4. The Morgan fingerprint density at radius 3 is 2.55 bits per heavy atom.